The van der Waals surface area contributed by atoms with E-state index in [1.165, 1.54) is 23.5 Å². The van der Waals surface area contributed by atoms with Crippen molar-refractivity contribution in [2.24, 2.45) is 0 Å². The number of rotatable bonds is 5. The van der Waals surface area contributed by atoms with Gasteiger partial charge in [-0.1, -0.05) is 23.9 Å². The Balaban J connectivity index is 1.49. The van der Waals surface area contributed by atoms with Crippen LogP contribution in [-0.2, 0) is 12.3 Å². The van der Waals surface area contributed by atoms with Crippen LogP contribution in [-0.4, -0.2) is 24.1 Å². The number of thiazole rings is 1. The first kappa shape index (κ1) is 19.0. The van der Waals surface area contributed by atoms with E-state index in [2.05, 4.69) is 15.2 Å². The number of aromatic nitrogens is 5. The molecule has 0 bridgehead atoms. The smallest absolute Gasteiger partial charge is 0.262 e. The lowest BCUT2D eigenvalue weighted by Gasteiger charge is -2.09. The molecule has 30 heavy (non-hydrogen) atoms. The van der Waals surface area contributed by atoms with Crippen LogP contribution in [0.15, 0.2) is 63.0 Å². The van der Waals surface area contributed by atoms with Crippen LogP contribution < -0.4 is 5.56 Å². The van der Waals surface area contributed by atoms with Crippen molar-refractivity contribution in [2.75, 3.05) is 0 Å². The second-order valence-corrected chi connectivity index (χ2v) is 8.69. The molecule has 0 saturated heterocycles. The van der Waals surface area contributed by atoms with Gasteiger partial charge in [0, 0.05) is 17.5 Å². The molecular weight excluding hydrogens is 421 g/mol. The highest BCUT2D eigenvalue weighted by Gasteiger charge is 2.16. The molecule has 5 aromatic rings. The third-order valence-electron chi connectivity index (χ3n) is 4.84. The Bertz CT molecular complexity index is 1420. The highest BCUT2D eigenvalue weighted by atomic mass is 32.2. The number of halogens is 1. The summed E-state index contributed by atoms with van der Waals surface area (Å²) in [5.41, 5.74) is 2.44. The molecule has 150 valence electrons. The minimum atomic E-state index is -0.264. The number of para-hydroxylation sites is 1. The Labute approximate surface area is 179 Å². The second kappa shape index (κ2) is 7.66. The largest absolute Gasteiger partial charge is 0.277 e. The summed E-state index contributed by atoms with van der Waals surface area (Å²) in [6.07, 6.45) is 0. The van der Waals surface area contributed by atoms with Gasteiger partial charge in [0.05, 0.1) is 22.3 Å². The predicted molar refractivity (Wildman–Crippen MR) is 117 cm³/mol. The Kier molecular flexibility index (Phi) is 4.84. The van der Waals surface area contributed by atoms with Gasteiger partial charge < -0.3 is 0 Å². The normalized spacial score (nSPS) is 11.5. The van der Waals surface area contributed by atoms with E-state index in [0.717, 1.165) is 26.9 Å². The van der Waals surface area contributed by atoms with Gasteiger partial charge >= 0.3 is 0 Å². The average molecular weight is 438 g/mol. The fraction of sp³-hybridized carbons (Fsp3) is 0.143. The lowest BCUT2D eigenvalue weighted by Crippen LogP contribution is -2.22. The zero-order valence-corrected chi connectivity index (χ0v) is 17.6. The highest BCUT2D eigenvalue weighted by molar-refractivity contribution is 8.00. The van der Waals surface area contributed by atoms with Gasteiger partial charge in [-0.05, 0) is 43.3 Å². The van der Waals surface area contributed by atoms with Crippen LogP contribution in [0.3, 0.4) is 0 Å². The lowest BCUT2D eigenvalue weighted by atomic mass is 10.2. The van der Waals surface area contributed by atoms with Crippen LogP contribution in [0.5, 0.6) is 0 Å². The third-order valence-corrected chi connectivity index (χ3v) is 6.86. The van der Waals surface area contributed by atoms with Crippen molar-refractivity contribution >= 4 is 39.8 Å². The van der Waals surface area contributed by atoms with Gasteiger partial charge in [-0.2, -0.15) is 0 Å². The van der Waals surface area contributed by atoms with Gasteiger partial charge in [0.1, 0.15) is 11.6 Å². The molecule has 0 radical (unpaired) electrons. The first-order valence-electron chi connectivity index (χ1n) is 9.35. The Morgan fingerprint density at radius 1 is 1.10 bits per heavy atom. The average Bonchev–Trinajstić information content (AvgIpc) is 3.41. The van der Waals surface area contributed by atoms with E-state index in [1.807, 2.05) is 41.0 Å². The first-order valence-corrected chi connectivity index (χ1v) is 11.2. The lowest BCUT2D eigenvalue weighted by molar-refractivity contribution is 0.628. The standard InChI is InChI=1S/C21H16FN5OS2/c1-2-26-19(28)15-5-3-4-6-17(15)27-18(24-25-20(26)27)12-30-21-23-16(11-29-21)13-7-9-14(22)10-8-13/h3-11H,2,12H2,1H3. The fourth-order valence-electron chi connectivity index (χ4n) is 3.40. The molecular formula is C21H16FN5OS2. The Morgan fingerprint density at radius 2 is 1.90 bits per heavy atom. The number of hydrogen-bond acceptors (Lipinski definition) is 6. The molecule has 0 N–H and O–H groups in total. The van der Waals surface area contributed by atoms with Crippen LogP contribution in [0, 0.1) is 5.82 Å². The summed E-state index contributed by atoms with van der Waals surface area (Å²) in [4.78, 5) is 17.4. The van der Waals surface area contributed by atoms with Gasteiger partial charge in [0.25, 0.3) is 5.56 Å². The van der Waals surface area contributed by atoms with Crippen LogP contribution in [0.4, 0.5) is 4.39 Å². The van der Waals surface area contributed by atoms with Crippen molar-refractivity contribution in [3.63, 3.8) is 0 Å². The summed E-state index contributed by atoms with van der Waals surface area (Å²) in [6.45, 7) is 2.44. The molecule has 0 aliphatic rings. The molecule has 9 heteroatoms. The summed E-state index contributed by atoms with van der Waals surface area (Å²) >= 11 is 3.10. The number of nitrogens with zero attached hydrogens (tertiary/aromatic N) is 5. The monoisotopic (exact) mass is 437 g/mol. The number of hydrogen-bond donors (Lipinski definition) is 0. The topological polar surface area (TPSA) is 65.1 Å². The Morgan fingerprint density at radius 3 is 2.70 bits per heavy atom. The fourth-order valence-corrected chi connectivity index (χ4v) is 5.14. The van der Waals surface area contributed by atoms with Gasteiger partial charge in [0.2, 0.25) is 5.78 Å². The molecule has 0 amide bonds. The Hall–Kier alpha value is -3.04. The molecule has 0 spiro atoms. The van der Waals surface area contributed by atoms with Crippen LogP contribution in [0.2, 0.25) is 0 Å². The number of aryl methyl sites for hydroxylation is 1. The molecule has 0 aliphatic carbocycles. The van der Waals surface area contributed by atoms with Gasteiger partial charge in [0.15, 0.2) is 4.34 Å². The molecule has 0 fully saturated rings. The van der Waals surface area contributed by atoms with Gasteiger partial charge in [-0.15, -0.1) is 21.5 Å². The highest BCUT2D eigenvalue weighted by Crippen LogP contribution is 2.30. The van der Waals surface area contributed by atoms with Crippen LogP contribution >= 0.6 is 23.1 Å². The van der Waals surface area contributed by atoms with Crippen molar-refractivity contribution in [1.82, 2.24) is 24.1 Å². The molecule has 2 aromatic carbocycles. The summed E-state index contributed by atoms with van der Waals surface area (Å²) < 4.78 is 17.6. The molecule has 5 rings (SSSR count). The van der Waals surface area contributed by atoms with Crippen molar-refractivity contribution in [3.05, 3.63) is 75.9 Å². The molecule has 0 atom stereocenters. The number of thioether (sulfide) groups is 1. The zero-order valence-electron chi connectivity index (χ0n) is 15.9. The van der Waals surface area contributed by atoms with E-state index in [0.29, 0.717) is 23.5 Å². The van der Waals surface area contributed by atoms with Gasteiger partial charge in [-0.3, -0.25) is 13.8 Å². The minimum absolute atomic E-state index is 0.0592. The quantitative estimate of drug-likeness (QED) is 0.376. The summed E-state index contributed by atoms with van der Waals surface area (Å²) in [5.74, 6) is 1.60. The van der Waals surface area contributed by atoms with Crippen molar-refractivity contribution < 1.29 is 4.39 Å². The minimum Gasteiger partial charge on any atom is -0.277 e. The number of benzene rings is 2. The maximum Gasteiger partial charge on any atom is 0.262 e. The van der Waals surface area contributed by atoms with E-state index in [1.54, 1.807) is 28.5 Å². The molecule has 3 aromatic heterocycles. The van der Waals surface area contributed by atoms with E-state index >= 15 is 0 Å². The summed E-state index contributed by atoms with van der Waals surface area (Å²) in [7, 11) is 0. The van der Waals surface area contributed by atoms with Crippen molar-refractivity contribution in [3.8, 4) is 11.3 Å². The second-order valence-electron chi connectivity index (χ2n) is 6.61. The molecule has 0 unspecified atom stereocenters. The predicted octanol–water partition coefficient (Wildman–Crippen LogP) is 4.62. The van der Waals surface area contributed by atoms with E-state index < -0.39 is 0 Å². The summed E-state index contributed by atoms with van der Waals surface area (Å²) in [5, 5.41) is 11.2. The van der Waals surface area contributed by atoms with Gasteiger partial charge in [-0.25, -0.2) is 9.37 Å². The molecule has 3 heterocycles. The van der Waals surface area contributed by atoms with Crippen molar-refractivity contribution in [1.29, 1.82) is 0 Å². The van der Waals surface area contributed by atoms with E-state index in [4.69, 9.17) is 0 Å². The third kappa shape index (κ3) is 3.20. The van der Waals surface area contributed by atoms with E-state index in [9.17, 15) is 9.18 Å². The van der Waals surface area contributed by atoms with Crippen LogP contribution in [0.1, 0.15) is 12.7 Å². The van der Waals surface area contributed by atoms with Crippen molar-refractivity contribution in [2.45, 2.75) is 23.6 Å². The first-order chi connectivity index (χ1) is 14.7. The maximum atomic E-state index is 13.1. The maximum absolute atomic E-state index is 13.1. The molecule has 6 nitrogen and oxygen atoms in total. The molecule has 0 aliphatic heterocycles. The molecule has 0 saturated carbocycles. The summed E-state index contributed by atoms with van der Waals surface area (Å²) in [6, 6.07) is 13.8. The van der Waals surface area contributed by atoms with Crippen LogP contribution in [0.25, 0.3) is 27.9 Å². The van der Waals surface area contributed by atoms with E-state index in [-0.39, 0.29) is 11.4 Å². The number of fused-ring (bicyclic) bond motifs is 3. The SMILES string of the molecule is CCn1c(=O)c2ccccc2n2c(CSc3nc(-c4ccc(F)cc4)cs3)nnc12. The zero-order chi connectivity index (χ0) is 20.7.